The van der Waals surface area contributed by atoms with Crippen LogP contribution in [0.5, 0.6) is 0 Å². The summed E-state index contributed by atoms with van der Waals surface area (Å²) in [5.41, 5.74) is 1.86. The Bertz CT molecular complexity index is 471. The number of non-ortho nitro benzene ring substituents is 1. The summed E-state index contributed by atoms with van der Waals surface area (Å²) in [6.07, 6.45) is 2.21. The van der Waals surface area contributed by atoms with Crippen LogP contribution in [0, 0.1) is 10.1 Å². The smallest absolute Gasteiger partial charge is 0.303 e. The molecule has 1 unspecified atom stereocenters. The SMILES string of the molecule is CC.CC(=O)OC1CCCc2ccc([N+](=O)[O-])cc21. The van der Waals surface area contributed by atoms with E-state index < -0.39 is 4.92 Å². The summed E-state index contributed by atoms with van der Waals surface area (Å²) in [4.78, 5) is 21.3. The van der Waals surface area contributed by atoms with Crippen LogP contribution in [0.25, 0.3) is 0 Å². The molecule has 0 heterocycles. The molecule has 104 valence electrons. The standard InChI is InChI=1S/C12H13NO4.C2H6/c1-8(14)17-12-4-2-3-9-5-6-10(13(15)16)7-11(9)12;1-2/h5-7,12H,2-4H2,1H3;1-2H3. The highest BCUT2D eigenvalue weighted by atomic mass is 16.6. The van der Waals surface area contributed by atoms with E-state index in [-0.39, 0.29) is 17.8 Å². The fourth-order valence-corrected chi connectivity index (χ4v) is 2.18. The monoisotopic (exact) mass is 265 g/mol. The normalized spacial score (nSPS) is 16.7. The first-order valence-corrected chi connectivity index (χ1v) is 6.52. The van der Waals surface area contributed by atoms with E-state index in [9.17, 15) is 14.9 Å². The van der Waals surface area contributed by atoms with Gasteiger partial charge < -0.3 is 4.74 Å². The number of ether oxygens (including phenoxy) is 1. The van der Waals surface area contributed by atoms with E-state index in [0.717, 1.165) is 30.4 Å². The number of rotatable bonds is 2. The Kier molecular flexibility index (Phi) is 5.48. The highest BCUT2D eigenvalue weighted by Crippen LogP contribution is 2.34. The average Bonchev–Trinajstić information content (AvgIpc) is 2.40. The maximum absolute atomic E-state index is 11.0. The van der Waals surface area contributed by atoms with E-state index in [0.29, 0.717) is 0 Å². The van der Waals surface area contributed by atoms with E-state index in [1.165, 1.54) is 19.1 Å². The number of benzene rings is 1. The minimum atomic E-state index is -0.431. The van der Waals surface area contributed by atoms with Crippen molar-refractivity contribution in [1.29, 1.82) is 0 Å². The number of nitrogens with zero attached hydrogens (tertiary/aromatic N) is 1. The fourth-order valence-electron chi connectivity index (χ4n) is 2.18. The second-order valence-electron chi connectivity index (χ2n) is 4.13. The molecule has 5 heteroatoms. The Morgan fingerprint density at radius 1 is 1.42 bits per heavy atom. The van der Waals surface area contributed by atoms with Gasteiger partial charge >= 0.3 is 5.97 Å². The van der Waals surface area contributed by atoms with Crippen LogP contribution in [0.1, 0.15) is 50.8 Å². The van der Waals surface area contributed by atoms with Gasteiger partial charge in [0.2, 0.25) is 0 Å². The van der Waals surface area contributed by atoms with Crippen LogP contribution in [-0.2, 0) is 16.0 Å². The molecule has 1 aromatic rings. The van der Waals surface area contributed by atoms with Crippen molar-refractivity contribution in [1.82, 2.24) is 0 Å². The van der Waals surface area contributed by atoms with Crippen molar-refractivity contribution >= 4 is 11.7 Å². The number of carbonyl (C=O) groups is 1. The number of aryl methyl sites for hydroxylation is 1. The van der Waals surface area contributed by atoms with Crippen molar-refractivity contribution in [3.8, 4) is 0 Å². The third-order valence-electron chi connectivity index (χ3n) is 2.91. The van der Waals surface area contributed by atoms with Gasteiger partial charge in [-0.15, -0.1) is 0 Å². The lowest BCUT2D eigenvalue weighted by Gasteiger charge is -2.24. The zero-order chi connectivity index (χ0) is 14.4. The quantitative estimate of drug-likeness (QED) is 0.465. The number of nitro benzene ring substituents is 1. The van der Waals surface area contributed by atoms with Gasteiger partial charge in [0.15, 0.2) is 0 Å². The molecular weight excluding hydrogens is 246 g/mol. The molecule has 0 saturated carbocycles. The number of hydrogen-bond acceptors (Lipinski definition) is 4. The van der Waals surface area contributed by atoms with Crippen LogP contribution in [0.4, 0.5) is 5.69 Å². The number of hydrogen-bond donors (Lipinski definition) is 0. The second kappa shape index (κ2) is 6.87. The molecule has 19 heavy (non-hydrogen) atoms. The fraction of sp³-hybridized carbons (Fsp3) is 0.500. The molecule has 1 aromatic carbocycles. The van der Waals surface area contributed by atoms with Gasteiger partial charge in [0.05, 0.1) is 4.92 Å². The molecule has 0 spiro atoms. The van der Waals surface area contributed by atoms with Gasteiger partial charge in [0.25, 0.3) is 5.69 Å². The van der Waals surface area contributed by atoms with Crippen LogP contribution < -0.4 is 0 Å². The van der Waals surface area contributed by atoms with E-state index in [1.54, 1.807) is 6.07 Å². The zero-order valence-corrected chi connectivity index (χ0v) is 11.5. The average molecular weight is 265 g/mol. The van der Waals surface area contributed by atoms with Gasteiger partial charge in [-0.1, -0.05) is 19.9 Å². The number of nitro groups is 1. The molecule has 0 saturated heterocycles. The van der Waals surface area contributed by atoms with Gasteiger partial charge in [0.1, 0.15) is 6.10 Å². The molecule has 0 bridgehead atoms. The van der Waals surface area contributed by atoms with Gasteiger partial charge in [-0.3, -0.25) is 14.9 Å². The molecule has 2 rings (SSSR count). The third-order valence-corrected chi connectivity index (χ3v) is 2.91. The van der Waals surface area contributed by atoms with E-state index in [4.69, 9.17) is 4.74 Å². The summed E-state index contributed by atoms with van der Waals surface area (Å²) >= 11 is 0. The van der Waals surface area contributed by atoms with Crippen LogP contribution in [0.3, 0.4) is 0 Å². The van der Waals surface area contributed by atoms with Crippen molar-refractivity contribution in [2.75, 3.05) is 0 Å². The minimum absolute atomic E-state index is 0.0443. The molecule has 0 amide bonds. The maximum atomic E-state index is 11.0. The molecular formula is C14H19NO4. The van der Waals surface area contributed by atoms with Gasteiger partial charge in [-0.2, -0.15) is 0 Å². The maximum Gasteiger partial charge on any atom is 0.303 e. The Hall–Kier alpha value is -1.91. The molecule has 1 atom stereocenters. The van der Waals surface area contributed by atoms with Crippen LogP contribution in [0.2, 0.25) is 0 Å². The molecule has 0 N–H and O–H groups in total. The van der Waals surface area contributed by atoms with E-state index in [2.05, 4.69) is 0 Å². The van der Waals surface area contributed by atoms with E-state index in [1.807, 2.05) is 13.8 Å². The van der Waals surface area contributed by atoms with Crippen molar-refractivity contribution in [2.45, 2.75) is 46.1 Å². The Morgan fingerprint density at radius 3 is 2.68 bits per heavy atom. The number of fused-ring (bicyclic) bond motifs is 1. The first-order valence-electron chi connectivity index (χ1n) is 6.52. The summed E-state index contributed by atoms with van der Waals surface area (Å²) in [5.74, 6) is -0.352. The molecule has 0 aromatic heterocycles. The molecule has 0 aliphatic heterocycles. The summed E-state index contributed by atoms with van der Waals surface area (Å²) < 4.78 is 5.19. The Balaban J connectivity index is 0.000000861. The third kappa shape index (κ3) is 3.77. The topological polar surface area (TPSA) is 69.4 Å². The first-order chi connectivity index (χ1) is 9.08. The number of carbonyl (C=O) groups excluding carboxylic acids is 1. The summed E-state index contributed by atoms with van der Waals surface area (Å²) in [5, 5.41) is 10.7. The van der Waals surface area contributed by atoms with E-state index >= 15 is 0 Å². The predicted molar refractivity (Wildman–Crippen MR) is 71.9 cm³/mol. The lowest BCUT2D eigenvalue weighted by Crippen LogP contribution is -2.15. The number of esters is 1. The van der Waals surface area contributed by atoms with Crippen molar-refractivity contribution in [3.05, 3.63) is 39.4 Å². The van der Waals surface area contributed by atoms with Gasteiger partial charge in [0, 0.05) is 24.6 Å². The first kappa shape index (κ1) is 15.1. The Labute approximate surface area is 112 Å². The Morgan fingerprint density at radius 2 is 2.11 bits per heavy atom. The minimum Gasteiger partial charge on any atom is -0.458 e. The predicted octanol–water partition coefficient (Wildman–Crippen LogP) is 3.56. The molecule has 5 nitrogen and oxygen atoms in total. The van der Waals surface area contributed by atoms with Crippen molar-refractivity contribution < 1.29 is 14.5 Å². The van der Waals surface area contributed by atoms with Crippen molar-refractivity contribution in [3.63, 3.8) is 0 Å². The summed E-state index contributed by atoms with van der Waals surface area (Å²) in [6, 6.07) is 4.76. The van der Waals surface area contributed by atoms with Gasteiger partial charge in [-0.25, -0.2) is 0 Å². The highest BCUT2D eigenvalue weighted by Gasteiger charge is 2.24. The lowest BCUT2D eigenvalue weighted by atomic mass is 9.89. The van der Waals surface area contributed by atoms with Crippen LogP contribution in [0.15, 0.2) is 18.2 Å². The second-order valence-corrected chi connectivity index (χ2v) is 4.13. The summed E-state index contributed by atoms with van der Waals surface area (Å²) in [7, 11) is 0. The molecule has 0 radical (unpaired) electrons. The molecule has 1 aliphatic rings. The molecule has 0 fully saturated rings. The lowest BCUT2D eigenvalue weighted by molar-refractivity contribution is -0.385. The largest absolute Gasteiger partial charge is 0.458 e. The van der Waals surface area contributed by atoms with Gasteiger partial charge in [-0.05, 0) is 24.8 Å². The van der Waals surface area contributed by atoms with Crippen LogP contribution in [-0.4, -0.2) is 10.9 Å². The highest BCUT2D eigenvalue weighted by molar-refractivity contribution is 5.66. The summed E-state index contributed by atoms with van der Waals surface area (Å²) in [6.45, 7) is 5.35. The van der Waals surface area contributed by atoms with Crippen molar-refractivity contribution in [2.24, 2.45) is 0 Å². The zero-order valence-electron chi connectivity index (χ0n) is 11.5. The van der Waals surface area contributed by atoms with Crippen LogP contribution >= 0.6 is 0 Å². The molecule has 1 aliphatic carbocycles.